The second-order valence-electron chi connectivity index (χ2n) is 11.1. The summed E-state index contributed by atoms with van der Waals surface area (Å²) in [4.78, 5) is 52.7. The van der Waals surface area contributed by atoms with E-state index in [1.165, 1.54) is 37.7 Å². The topological polar surface area (TPSA) is 163 Å². The van der Waals surface area contributed by atoms with E-state index in [-0.39, 0.29) is 36.5 Å². The van der Waals surface area contributed by atoms with Gasteiger partial charge < -0.3 is 28.4 Å². The van der Waals surface area contributed by atoms with Gasteiger partial charge in [-0.15, -0.1) is 11.3 Å². The Bertz CT molecular complexity index is 1810. The number of carbonyl (C=O) groups is 3. The SMILES string of the molecule is C=CC(=O)OCC(COc1ccc(OC(=O)C2CCC(C(=O)Oc3ccc(OC)c4sc(-c5ccc([N+](=O)[O-])cc5)nc34)CC2)cc1)OC. The lowest BCUT2D eigenvalue weighted by Gasteiger charge is -2.25. The summed E-state index contributed by atoms with van der Waals surface area (Å²) in [5, 5.41) is 11.6. The van der Waals surface area contributed by atoms with E-state index in [0.717, 1.165) is 6.08 Å². The number of fused-ring (bicyclic) bond motifs is 1. The highest BCUT2D eigenvalue weighted by molar-refractivity contribution is 7.22. The number of rotatable bonds is 14. The van der Waals surface area contributed by atoms with Crippen LogP contribution in [0.3, 0.4) is 0 Å². The fraction of sp³-hybridized carbons (Fsp3) is 0.314. The second kappa shape index (κ2) is 16.2. The Morgan fingerprint density at radius 1 is 0.898 bits per heavy atom. The van der Waals surface area contributed by atoms with Crippen LogP contribution in [0.25, 0.3) is 20.8 Å². The van der Waals surface area contributed by atoms with Crippen LogP contribution in [0.15, 0.2) is 73.3 Å². The van der Waals surface area contributed by atoms with Gasteiger partial charge >= 0.3 is 17.9 Å². The van der Waals surface area contributed by atoms with E-state index >= 15 is 0 Å². The van der Waals surface area contributed by atoms with Gasteiger partial charge in [0.15, 0.2) is 5.75 Å². The van der Waals surface area contributed by atoms with E-state index in [4.69, 9.17) is 28.4 Å². The van der Waals surface area contributed by atoms with Crippen molar-refractivity contribution >= 4 is 45.1 Å². The minimum absolute atomic E-state index is 0.0150. The summed E-state index contributed by atoms with van der Waals surface area (Å²) < 4.78 is 33.5. The lowest BCUT2D eigenvalue weighted by Crippen LogP contribution is -2.30. The van der Waals surface area contributed by atoms with E-state index in [0.29, 0.717) is 63.7 Å². The highest BCUT2D eigenvalue weighted by Gasteiger charge is 2.33. The molecule has 0 saturated heterocycles. The molecule has 1 unspecified atom stereocenters. The fourth-order valence-corrected chi connectivity index (χ4v) is 6.30. The number of nitro benzene ring substituents is 1. The number of carbonyl (C=O) groups excluding carboxylic acids is 3. The number of nitro groups is 1. The summed E-state index contributed by atoms with van der Waals surface area (Å²) in [6, 6.07) is 16.0. The first kappa shape index (κ1) is 35.0. The highest BCUT2D eigenvalue weighted by atomic mass is 32.1. The first-order valence-corrected chi connectivity index (χ1v) is 16.2. The number of methoxy groups -OCH3 is 2. The molecule has 1 aliphatic rings. The molecule has 49 heavy (non-hydrogen) atoms. The van der Waals surface area contributed by atoms with Gasteiger partial charge in [-0.3, -0.25) is 19.7 Å². The van der Waals surface area contributed by atoms with Crippen LogP contribution < -0.4 is 18.9 Å². The molecule has 1 aromatic heterocycles. The average molecular weight is 691 g/mol. The van der Waals surface area contributed by atoms with E-state index in [9.17, 15) is 24.5 Å². The maximum Gasteiger partial charge on any atom is 0.330 e. The monoisotopic (exact) mass is 690 g/mol. The number of esters is 3. The predicted octanol–water partition coefficient (Wildman–Crippen LogP) is 6.32. The van der Waals surface area contributed by atoms with Crippen molar-refractivity contribution in [1.82, 2.24) is 4.98 Å². The summed E-state index contributed by atoms with van der Waals surface area (Å²) >= 11 is 1.33. The van der Waals surface area contributed by atoms with Crippen molar-refractivity contribution in [2.45, 2.75) is 31.8 Å². The van der Waals surface area contributed by atoms with Gasteiger partial charge in [-0.2, -0.15) is 0 Å². The summed E-state index contributed by atoms with van der Waals surface area (Å²) in [5.74, 6) is -0.371. The Kier molecular flexibility index (Phi) is 11.5. The molecule has 3 aromatic carbocycles. The predicted molar refractivity (Wildman–Crippen MR) is 179 cm³/mol. The minimum Gasteiger partial charge on any atom is -0.495 e. The number of hydrogen-bond donors (Lipinski definition) is 0. The van der Waals surface area contributed by atoms with E-state index < -0.39 is 28.9 Å². The third-order valence-corrected chi connectivity index (χ3v) is 9.13. The maximum absolute atomic E-state index is 13.2. The molecule has 5 rings (SSSR count). The Morgan fingerprint density at radius 2 is 1.51 bits per heavy atom. The second-order valence-corrected chi connectivity index (χ2v) is 12.1. The van der Waals surface area contributed by atoms with Crippen LogP contribution in [0.4, 0.5) is 5.69 Å². The molecule has 1 aliphatic carbocycles. The molecule has 14 heteroatoms. The summed E-state index contributed by atoms with van der Waals surface area (Å²) in [6.07, 6.45) is 2.44. The van der Waals surface area contributed by atoms with Crippen LogP contribution >= 0.6 is 11.3 Å². The Morgan fingerprint density at radius 3 is 2.10 bits per heavy atom. The van der Waals surface area contributed by atoms with Crippen LogP contribution in [0.1, 0.15) is 25.7 Å². The van der Waals surface area contributed by atoms with Gasteiger partial charge in [-0.25, -0.2) is 9.78 Å². The third-order valence-electron chi connectivity index (χ3n) is 8.01. The van der Waals surface area contributed by atoms with Crippen LogP contribution in [0, 0.1) is 22.0 Å². The van der Waals surface area contributed by atoms with Gasteiger partial charge in [-0.05, 0) is 74.2 Å². The van der Waals surface area contributed by atoms with Crippen molar-refractivity contribution < 1.29 is 47.7 Å². The van der Waals surface area contributed by atoms with E-state index in [1.807, 2.05) is 0 Å². The molecule has 1 fully saturated rings. The van der Waals surface area contributed by atoms with Gasteiger partial charge in [0.05, 0.1) is 23.9 Å². The number of non-ortho nitro benzene ring substituents is 1. The molecule has 13 nitrogen and oxygen atoms in total. The smallest absolute Gasteiger partial charge is 0.330 e. The number of ether oxygens (including phenoxy) is 6. The molecular weight excluding hydrogens is 656 g/mol. The van der Waals surface area contributed by atoms with E-state index in [2.05, 4.69) is 11.6 Å². The molecule has 1 saturated carbocycles. The highest BCUT2D eigenvalue weighted by Crippen LogP contribution is 2.41. The zero-order valence-electron chi connectivity index (χ0n) is 26.8. The molecule has 4 aromatic rings. The van der Waals surface area contributed by atoms with Gasteiger partial charge in [0.1, 0.15) is 51.8 Å². The maximum atomic E-state index is 13.2. The van der Waals surface area contributed by atoms with Gasteiger partial charge in [0, 0.05) is 30.9 Å². The van der Waals surface area contributed by atoms with Crippen LogP contribution in [0.2, 0.25) is 0 Å². The molecule has 0 amide bonds. The van der Waals surface area contributed by atoms with Crippen molar-refractivity contribution in [3.8, 4) is 33.6 Å². The molecule has 0 spiro atoms. The zero-order valence-corrected chi connectivity index (χ0v) is 27.6. The number of benzene rings is 3. The normalized spacial score (nSPS) is 16.3. The number of nitrogens with zero attached hydrogens (tertiary/aromatic N) is 2. The molecule has 0 bridgehead atoms. The van der Waals surface area contributed by atoms with Gasteiger partial charge in [0.2, 0.25) is 0 Å². The van der Waals surface area contributed by atoms with E-state index in [1.54, 1.807) is 48.5 Å². The van der Waals surface area contributed by atoms with Crippen molar-refractivity contribution in [2.75, 3.05) is 27.4 Å². The van der Waals surface area contributed by atoms with Gasteiger partial charge in [0.25, 0.3) is 5.69 Å². The fourth-order valence-electron chi connectivity index (χ4n) is 5.22. The number of thiazole rings is 1. The van der Waals surface area contributed by atoms with Crippen molar-refractivity contribution in [3.05, 3.63) is 83.4 Å². The Balaban J connectivity index is 1.13. The number of hydrogen-bond acceptors (Lipinski definition) is 13. The van der Waals surface area contributed by atoms with Crippen LogP contribution in [-0.4, -0.2) is 61.4 Å². The minimum atomic E-state index is -0.550. The van der Waals surface area contributed by atoms with Crippen LogP contribution in [-0.2, 0) is 23.9 Å². The Hall–Kier alpha value is -5.34. The molecule has 256 valence electrons. The Labute approximate surface area is 285 Å². The zero-order chi connectivity index (χ0) is 34.9. The average Bonchev–Trinajstić information content (AvgIpc) is 3.58. The van der Waals surface area contributed by atoms with Crippen molar-refractivity contribution in [1.29, 1.82) is 0 Å². The molecule has 1 heterocycles. The van der Waals surface area contributed by atoms with Crippen molar-refractivity contribution in [3.63, 3.8) is 0 Å². The summed E-state index contributed by atoms with van der Waals surface area (Å²) in [6.45, 7) is 3.50. The molecular formula is C35H34N2O11S. The molecule has 0 radical (unpaired) electrons. The standard InChI is InChI=1S/C35H34N2O11S/c1-4-30(38)46-20-27(43-2)19-45-25-13-15-26(16-14-25)47-34(39)22-5-7-23(8-6-22)35(40)48-28-17-18-29(44-3)32-31(28)36-33(49-32)21-9-11-24(12-10-21)37(41)42/h4,9-18,22-23,27H,1,5-8,19-20H2,2-3H3. The van der Waals surface area contributed by atoms with Crippen molar-refractivity contribution in [2.24, 2.45) is 11.8 Å². The molecule has 0 N–H and O–H groups in total. The lowest BCUT2D eigenvalue weighted by atomic mass is 9.82. The first-order chi connectivity index (χ1) is 23.7. The first-order valence-electron chi connectivity index (χ1n) is 15.4. The number of aromatic nitrogens is 1. The van der Waals surface area contributed by atoms with Gasteiger partial charge in [-0.1, -0.05) is 6.58 Å². The molecule has 0 aliphatic heterocycles. The molecule has 1 atom stereocenters. The largest absolute Gasteiger partial charge is 0.495 e. The summed E-state index contributed by atoms with van der Waals surface area (Å²) in [5.41, 5.74) is 1.11. The van der Waals surface area contributed by atoms with Crippen LogP contribution in [0.5, 0.6) is 23.0 Å². The third kappa shape index (κ3) is 8.77. The summed E-state index contributed by atoms with van der Waals surface area (Å²) in [7, 11) is 3.02. The lowest BCUT2D eigenvalue weighted by molar-refractivity contribution is -0.384. The quantitative estimate of drug-likeness (QED) is 0.0476.